The van der Waals surface area contributed by atoms with Crippen molar-refractivity contribution in [3.05, 3.63) is 65.7 Å². The Morgan fingerprint density at radius 3 is 2.37 bits per heavy atom. The number of rotatable bonds is 7. The van der Waals surface area contributed by atoms with E-state index in [1.165, 1.54) is 18.4 Å². The number of amides is 2. The second kappa shape index (κ2) is 9.60. The Labute approximate surface area is 165 Å². The first-order valence-corrected chi connectivity index (χ1v) is 10.5. The normalized spacial score (nSPS) is 15.3. The summed E-state index contributed by atoms with van der Waals surface area (Å²) in [6.07, 6.45) is 4.52. The van der Waals surface area contributed by atoms with E-state index in [4.69, 9.17) is 0 Å². The molecule has 1 unspecified atom stereocenters. The summed E-state index contributed by atoms with van der Waals surface area (Å²) in [4.78, 5) is 24.6. The molecule has 2 aromatic carbocycles. The van der Waals surface area contributed by atoms with E-state index in [2.05, 4.69) is 22.8 Å². The summed E-state index contributed by atoms with van der Waals surface area (Å²) in [6.45, 7) is 1.91. The van der Waals surface area contributed by atoms with Crippen LogP contribution in [-0.2, 0) is 10.5 Å². The van der Waals surface area contributed by atoms with Crippen LogP contribution in [0, 0.1) is 0 Å². The SMILES string of the molecule is CC(SCc1ccccc1)C(=O)Nc1ccc(C(=O)NC2CCCC2)cc1. The van der Waals surface area contributed by atoms with Crippen molar-refractivity contribution < 1.29 is 9.59 Å². The molecule has 0 spiro atoms. The van der Waals surface area contributed by atoms with Gasteiger partial charge in [-0.15, -0.1) is 11.8 Å². The zero-order valence-corrected chi connectivity index (χ0v) is 16.4. The molecule has 0 heterocycles. The topological polar surface area (TPSA) is 58.2 Å². The highest BCUT2D eigenvalue weighted by Gasteiger charge is 2.18. The van der Waals surface area contributed by atoms with Crippen molar-refractivity contribution in [2.75, 3.05) is 5.32 Å². The second-order valence-corrected chi connectivity index (χ2v) is 8.29. The standard InChI is InChI=1S/C22H26N2O2S/c1-16(27-15-17-7-3-2-4-8-17)21(25)23-20-13-11-18(12-14-20)22(26)24-19-9-5-6-10-19/h2-4,7-8,11-14,16,19H,5-6,9-10,15H2,1H3,(H,23,25)(H,24,26). The summed E-state index contributed by atoms with van der Waals surface area (Å²) < 4.78 is 0. The van der Waals surface area contributed by atoms with Crippen LogP contribution in [0.5, 0.6) is 0 Å². The Kier molecular flexibility index (Phi) is 6.93. The molecule has 1 saturated carbocycles. The summed E-state index contributed by atoms with van der Waals surface area (Å²) in [5, 5.41) is 5.85. The highest BCUT2D eigenvalue weighted by atomic mass is 32.2. The third-order valence-electron chi connectivity index (χ3n) is 4.82. The molecule has 0 saturated heterocycles. The van der Waals surface area contributed by atoms with Crippen LogP contribution in [0.25, 0.3) is 0 Å². The van der Waals surface area contributed by atoms with E-state index in [1.54, 1.807) is 36.0 Å². The first-order valence-electron chi connectivity index (χ1n) is 9.49. The maximum Gasteiger partial charge on any atom is 0.251 e. The van der Waals surface area contributed by atoms with Crippen LogP contribution >= 0.6 is 11.8 Å². The third kappa shape index (κ3) is 5.86. The van der Waals surface area contributed by atoms with Gasteiger partial charge >= 0.3 is 0 Å². The van der Waals surface area contributed by atoms with Crippen molar-refractivity contribution in [1.82, 2.24) is 5.32 Å². The Hall–Kier alpha value is -2.27. The summed E-state index contributed by atoms with van der Waals surface area (Å²) in [6, 6.07) is 17.5. The molecule has 2 amide bonds. The number of hydrogen-bond acceptors (Lipinski definition) is 3. The van der Waals surface area contributed by atoms with Crippen molar-refractivity contribution in [2.45, 2.75) is 49.7 Å². The van der Waals surface area contributed by atoms with Crippen LogP contribution in [0.4, 0.5) is 5.69 Å². The van der Waals surface area contributed by atoms with Crippen molar-refractivity contribution in [1.29, 1.82) is 0 Å². The largest absolute Gasteiger partial charge is 0.349 e. The number of anilines is 1. The fourth-order valence-corrected chi connectivity index (χ4v) is 4.00. The maximum atomic E-state index is 12.4. The summed E-state index contributed by atoms with van der Waals surface area (Å²) >= 11 is 1.61. The summed E-state index contributed by atoms with van der Waals surface area (Å²) in [5.41, 5.74) is 2.55. The Bertz CT molecular complexity index is 756. The van der Waals surface area contributed by atoms with Crippen molar-refractivity contribution >= 4 is 29.3 Å². The van der Waals surface area contributed by atoms with E-state index in [-0.39, 0.29) is 17.1 Å². The van der Waals surface area contributed by atoms with Gasteiger partial charge in [-0.1, -0.05) is 43.2 Å². The van der Waals surface area contributed by atoms with Gasteiger partial charge in [-0.25, -0.2) is 0 Å². The van der Waals surface area contributed by atoms with Crippen LogP contribution in [0.1, 0.15) is 48.5 Å². The molecule has 142 valence electrons. The molecule has 0 aromatic heterocycles. The van der Waals surface area contributed by atoms with Gasteiger partial charge in [-0.2, -0.15) is 0 Å². The van der Waals surface area contributed by atoms with Crippen LogP contribution in [-0.4, -0.2) is 23.1 Å². The third-order valence-corrected chi connectivity index (χ3v) is 6.03. The zero-order valence-electron chi connectivity index (χ0n) is 15.6. The average Bonchev–Trinajstić information content (AvgIpc) is 3.20. The van der Waals surface area contributed by atoms with Crippen molar-refractivity contribution in [2.24, 2.45) is 0 Å². The average molecular weight is 383 g/mol. The number of benzene rings is 2. The highest BCUT2D eigenvalue weighted by molar-refractivity contribution is 7.99. The van der Waals surface area contributed by atoms with Gasteiger partial charge < -0.3 is 10.6 Å². The lowest BCUT2D eigenvalue weighted by Crippen LogP contribution is -2.32. The Morgan fingerprint density at radius 2 is 1.70 bits per heavy atom. The molecule has 4 nitrogen and oxygen atoms in total. The molecule has 1 aliphatic carbocycles. The van der Waals surface area contributed by atoms with Gasteiger partial charge in [0.1, 0.15) is 0 Å². The lowest BCUT2D eigenvalue weighted by atomic mass is 10.1. The minimum absolute atomic E-state index is 0.0286. The predicted molar refractivity (Wildman–Crippen MR) is 112 cm³/mol. The smallest absolute Gasteiger partial charge is 0.251 e. The molecule has 0 radical (unpaired) electrons. The Balaban J connectivity index is 1.48. The molecular weight excluding hydrogens is 356 g/mol. The number of thioether (sulfide) groups is 1. The van der Waals surface area contributed by atoms with Crippen LogP contribution in [0.2, 0.25) is 0 Å². The van der Waals surface area contributed by atoms with Gasteiger partial charge in [0.15, 0.2) is 0 Å². The van der Waals surface area contributed by atoms with Crippen molar-refractivity contribution in [3.8, 4) is 0 Å². The van der Waals surface area contributed by atoms with E-state index < -0.39 is 0 Å². The van der Waals surface area contributed by atoms with Crippen LogP contribution in [0.15, 0.2) is 54.6 Å². The zero-order chi connectivity index (χ0) is 19.1. The Morgan fingerprint density at radius 1 is 1.04 bits per heavy atom. The molecule has 0 aliphatic heterocycles. The minimum Gasteiger partial charge on any atom is -0.349 e. The first kappa shape index (κ1) is 19.5. The number of carbonyl (C=O) groups is 2. The molecular formula is C22H26N2O2S. The fraction of sp³-hybridized carbons (Fsp3) is 0.364. The molecule has 2 aromatic rings. The van der Waals surface area contributed by atoms with E-state index in [1.807, 2.05) is 25.1 Å². The van der Waals surface area contributed by atoms with E-state index in [0.717, 1.165) is 18.6 Å². The van der Waals surface area contributed by atoms with Gasteiger partial charge in [-0.05, 0) is 49.6 Å². The lowest BCUT2D eigenvalue weighted by Gasteiger charge is -2.14. The number of hydrogen-bond donors (Lipinski definition) is 2. The summed E-state index contributed by atoms with van der Waals surface area (Å²) in [5.74, 6) is 0.737. The first-order chi connectivity index (χ1) is 13.1. The van der Waals surface area contributed by atoms with Gasteiger partial charge in [0.25, 0.3) is 5.91 Å². The lowest BCUT2D eigenvalue weighted by molar-refractivity contribution is -0.115. The molecule has 2 N–H and O–H groups in total. The monoisotopic (exact) mass is 382 g/mol. The molecule has 1 atom stereocenters. The van der Waals surface area contributed by atoms with E-state index >= 15 is 0 Å². The quantitative estimate of drug-likeness (QED) is 0.735. The number of carbonyl (C=O) groups excluding carboxylic acids is 2. The minimum atomic E-state index is -0.157. The summed E-state index contributed by atoms with van der Waals surface area (Å²) in [7, 11) is 0. The predicted octanol–water partition coefficient (Wildman–Crippen LogP) is 4.62. The fourth-order valence-electron chi connectivity index (χ4n) is 3.16. The molecule has 5 heteroatoms. The molecule has 0 bridgehead atoms. The van der Waals surface area contributed by atoms with Crippen molar-refractivity contribution in [3.63, 3.8) is 0 Å². The van der Waals surface area contributed by atoms with E-state index in [9.17, 15) is 9.59 Å². The van der Waals surface area contributed by atoms with E-state index in [0.29, 0.717) is 17.3 Å². The van der Waals surface area contributed by atoms with Gasteiger partial charge in [0, 0.05) is 23.0 Å². The second-order valence-electron chi connectivity index (χ2n) is 6.96. The van der Waals surface area contributed by atoms with Gasteiger partial charge in [-0.3, -0.25) is 9.59 Å². The highest BCUT2D eigenvalue weighted by Crippen LogP contribution is 2.20. The molecule has 27 heavy (non-hydrogen) atoms. The molecule has 3 rings (SSSR count). The maximum absolute atomic E-state index is 12.4. The molecule has 1 aliphatic rings. The van der Waals surface area contributed by atoms with Gasteiger partial charge in [0.2, 0.25) is 5.91 Å². The number of nitrogens with one attached hydrogen (secondary N) is 2. The molecule has 1 fully saturated rings. The van der Waals surface area contributed by atoms with Gasteiger partial charge in [0.05, 0.1) is 5.25 Å². The van der Waals surface area contributed by atoms with Crippen LogP contribution in [0.3, 0.4) is 0 Å². The van der Waals surface area contributed by atoms with Crippen LogP contribution < -0.4 is 10.6 Å².